The molecular weight excluding hydrogens is 311 g/mol. The highest BCUT2D eigenvalue weighted by atomic mass is 127. The molecular formula is C10H13IO4. The van der Waals surface area contributed by atoms with E-state index in [9.17, 15) is 0 Å². The van der Waals surface area contributed by atoms with Gasteiger partial charge in [0.05, 0.1) is 3.57 Å². The second-order valence-corrected chi connectivity index (χ2v) is 3.86. The maximum Gasteiger partial charge on any atom is 0.188 e. The summed E-state index contributed by atoms with van der Waals surface area (Å²) in [5.41, 5.74) is 0. The van der Waals surface area contributed by atoms with Crippen LogP contribution in [0.25, 0.3) is 0 Å². The van der Waals surface area contributed by atoms with E-state index < -0.39 is 0 Å². The molecule has 0 saturated carbocycles. The molecule has 0 amide bonds. The van der Waals surface area contributed by atoms with Crippen LogP contribution in [0.15, 0.2) is 18.2 Å². The van der Waals surface area contributed by atoms with E-state index in [1.807, 2.05) is 12.1 Å². The lowest BCUT2D eigenvalue weighted by Gasteiger charge is -2.09. The summed E-state index contributed by atoms with van der Waals surface area (Å²) in [5, 5.41) is 0. The quantitative estimate of drug-likeness (QED) is 0.594. The van der Waals surface area contributed by atoms with Crippen LogP contribution in [-0.4, -0.2) is 27.8 Å². The molecule has 0 fully saturated rings. The fourth-order valence-corrected chi connectivity index (χ4v) is 1.42. The van der Waals surface area contributed by atoms with Gasteiger partial charge in [-0.1, -0.05) is 0 Å². The first-order valence-corrected chi connectivity index (χ1v) is 5.39. The van der Waals surface area contributed by atoms with Crippen LogP contribution >= 0.6 is 22.6 Å². The van der Waals surface area contributed by atoms with Crippen molar-refractivity contribution in [3.63, 3.8) is 0 Å². The molecule has 0 spiro atoms. The van der Waals surface area contributed by atoms with E-state index in [1.54, 1.807) is 20.3 Å². The standard InChI is InChI=1S/C10H13IO4/c1-12-6-14-8-3-4-9(11)10(5-8)15-7-13-2/h3-5H,6-7H2,1-2H3. The Hall–Kier alpha value is -0.530. The lowest BCUT2D eigenvalue weighted by atomic mass is 10.3. The molecule has 1 rings (SSSR count). The maximum atomic E-state index is 5.36. The van der Waals surface area contributed by atoms with Gasteiger partial charge >= 0.3 is 0 Å². The predicted octanol–water partition coefficient (Wildman–Crippen LogP) is 2.26. The molecule has 0 heterocycles. The van der Waals surface area contributed by atoms with Crippen LogP contribution in [0.5, 0.6) is 11.5 Å². The van der Waals surface area contributed by atoms with Crippen molar-refractivity contribution in [3.05, 3.63) is 21.8 Å². The molecule has 0 bridgehead atoms. The number of hydrogen-bond acceptors (Lipinski definition) is 4. The highest BCUT2D eigenvalue weighted by Crippen LogP contribution is 2.26. The molecule has 0 atom stereocenters. The first kappa shape index (κ1) is 12.5. The Bertz CT molecular complexity index is 303. The Morgan fingerprint density at radius 3 is 2.40 bits per heavy atom. The smallest absolute Gasteiger partial charge is 0.188 e. The Morgan fingerprint density at radius 1 is 1.07 bits per heavy atom. The second kappa shape index (κ2) is 6.86. The van der Waals surface area contributed by atoms with Crippen molar-refractivity contribution in [2.45, 2.75) is 0 Å². The molecule has 84 valence electrons. The van der Waals surface area contributed by atoms with Crippen molar-refractivity contribution in [3.8, 4) is 11.5 Å². The summed E-state index contributed by atoms with van der Waals surface area (Å²) < 4.78 is 21.3. The summed E-state index contributed by atoms with van der Waals surface area (Å²) in [4.78, 5) is 0. The molecule has 4 nitrogen and oxygen atoms in total. The monoisotopic (exact) mass is 324 g/mol. The van der Waals surface area contributed by atoms with Crippen molar-refractivity contribution >= 4 is 22.6 Å². The third-order valence-electron chi connectivity index (χ3n) is 1.58. The number of halogens is 1. The number of rotatable bonds is 6. The topological polar surface area (TPSA) is 36.9 Å². The lowest BCUT2D eigenvalue weighted by Crippen LogP contribution is -2.02. The zero-order valence-electron chi connectivity index (χ0n) is 8.66. The van der Waals surface area contributed by atoms with Gasteiger partial charge in [0, 0.05) is 20.3 Å². The Morgan fingerprint density at radius 2 is 1.73 bits per heavy atom. The molecule has 0 unspecified atom stereocenters. The largest absolute Gasteiger partial charge is 0.467 e. The molecule has 0 saturated heterocycles. The van der Waals surface area contributed by atoms with Crippen LogP contribution in [0, 0.1) is 3.57 Å². The van der Waals surface area contributed by atoms with Crippen LogP contribution < -0.4 is 9.47 Å². The molecule has 0 aliphatic rings. The van der Waals surface area contributed by atoms with Gasteiger partial charge in [-0.05, 0) is 34.7 Å². The summed E-state index contributed by atoms with van der Waals surface area (Å²) >= 11 is 2.19. The molecule has 0 aromatic heterocycles. The Balaban J connectivity index is 2.66. The minimum Gasteiger partial charge on any atom is -0.467 e. The van der Waals surface area contributed by atoms with Gasteiger partial charge in [0.1, 0.15) is 11.5 Å². The van der Waals surface area contributed by atoms with Crippen molar-refractivity contribution < 1.29 is 18.9 Å². The van der Waals surface area contributed by atoms with Crippen LogP contribution in [0.3, 0.4) is 0 Å². The van der Waals surface area contributed by atoms with Crippen molar-refractivity contribution in [2.75, 3.05) is 27.8 Å². The third-order valence-corrected chi connectivity index (χ3v) is 2.47. The second-order valence-electron chi connectivity index (χ2n) is 2.69. The molecule has 1 aromatic rings. The van der Waals surface area contributed by atoms with Gasteiger partial charge in [0.2, 0.25) is 0 Å². The minimum absolute atomic E-state index is 0.226. The maximum absolute atomic E-state index is 5.36. The van der Waals surface area contributed by atoms with Crippen molar-refractivity contribution in [1.82, 2.24) is 0 Å². The molecule has 0 N–H and O–H groups in total. The highest BCUT2D eigenvalue weighted by Gasteiger charge is 2.03. The van der Waals surface area contributed by atoms with E-state index in [2.05, 4.69) is 22.6 Å². The average Bonchev–Trinajstić information content (AvgIpc) is 2.26. The van der Waals surface area contributed by atoms with Crippen LogP contribution in [0.4, 0.5) is 0 Å². The highest BCUT2D eigenvalue weighted by molar-refractivity contribution is 14.1. The van der Waals surface area contributed by atoms with Crippen LogP contribution in [0.1, 0.15) is 0 Å². The Kier molecular flexibility index (Phi) is 5.74. The van der Waals surface area contributed by atoms with E-state index >= 15 is 0 Å². The van der Waals surface area contributed by atoms with Gasteiger partial charge < -0.3 is 18.9 Å². The average molecular weight is 324 g/mol. The van der Waals surface area contributed by atoms with E-state index in [0.29, 0.717) is 5.75 Å². The normalized spacial score (nSPS) is 10.1. The number of benzene rings is 1. The lowest BCUT2D eigenvalue weighted by molar-refractivity contribution is 0.0456. The third kappa shape index (κ3) is 4.23. The number of hydrogen-bond donors (Lipinski definition) is 0. The van der Waals surface area contributed by atoms with Crippen molar-refractivity contribution in [1.29, 1.82) is 0 Å². The zero-order valence-corrected chi connectivity index (χ0v) is 10.8. The van der Waals surface area contributed by atoms with Gasteiger partial charge in [-0.2, -0.15) is 0 Å². The van der Waals surface area contributed by atoms with Crippen molar-refractivity contribution in [2.24, 2.45) is 0 Å². The van der Waals surface area contributed by atoms with Gasteiger partial charge in [0.15, 0.2) is 13.6 Å². The molecule has 0 radical (unpaired) electrons. The molecule has 0 aliphatic carbocycles. The van der Waals surface area contributed by atoms with Gasteiger partial charge in [0.25, 0.3) is 0 Å². The first-order valence-electron chi connectivity index (χ1n) is 4.31. The summed E-state index contributed by atoms with van der Waals surface area (Å²) in [6, 6.07) is 5.58. The minimum atomic E-state index is 0.226. The van der Waals surface area contributed by atoms with Gasteiger partial charge in [-0.3, -0.25) is 0 Å². The Labute approximate surface area is 103 Å². The summed E-state index contributed by atoms with van der Waals surface area (Å²) in [5.74, 6) is 1.45. The first-order chi connectivity index (χ1) is 7.27. The fourth-order valence-electron chi connectivity index (χ4n) is 0.933. The number of ether oxygens (including phenoxy) is 4. The van der Waals surface area contributed by atoms with Crippen LogP contribution in [-0.2, 0) is 9.47 Å². The van der Waals surface area contributed by atoms with Gasteiger partial charge in [-0.25, -0.2) is 0 Å². The zero-order chi connectivity index (χ0) is 11.1. The molecule has 5 heteroatoms. The van der Waals surface area contributed by atoms with E-state index in [1.165, 1.54) is 0 Å². The summed E-state index contributed by atoms with van der Waals surface area (Å²) in [6.07, 6.45) is 0. The predicted molar refractivity (Wildman–Crippen MR) is 64.2 cm³/mol. The SMILES string of the molecule is COCOc1ccc(I)c(OCOC)c1. The summed E-state index contributed by atoms with van der Waals surface area (Å²) in [7, 11) is 3.16. The summed E-state index contributed by atoms with van der Waals surface area (Å²) in [6.45, 7) is 0.452. The van der Waals surface area contributed by atoms with Gasteiger partial charge in [-0.15, -0.1) is 0 Å². The number of methoxy groups -OCH3 is 2. The van der Waals surface area contributed by atoms with Crippen LogP contribution in [0.2, 0.25) is 0 Å². The molecule has 0 aliphatic heterocycles. The molecule has 1 aromatic carbocycles. The van der Waals surface area contributed by atoms with E-state index in [4.69, 9.17) is 18.9 Å². The van der Waals surface area contributed by atoms with E-state index in [-0.39, 0.29) is 13.6 Å². The molecule has 15 heavy (non-hydrogen) atoms. The fraction of sp³-hybridized carbons (Fsp3) is 0.400. The van der Waals surface area contributed by atoms with E-state index in [0.717, 1.165) is 9.32 Å².